The second-order valence-electron chi connectivity index (χ2n) is 5.94. The van der Waals surface area contributed by atoms with Gasteiger partial charge in [0.25, 0.3) is 0 Å². The molecule has 0 fully saturated rings. The SMILES string of the molecule is O[C@H](COc1ccc(Cl)cc1Cl)C[NH+]1CCc2ccccc2C1. The quantitative estimate of drug-likeness (QED) is 0.866. The first-order valence-corrected chi connectivity index (χ1v) is 8.53. The number of quaternary nitrogens is 1. The number of halogens is 2. The number of aliphatic hydroxyl groups is 1. The van der Waals surface area contributed by atoms with Crippen molar-refractivity contribution >= 4 is 23.2 Å². The van der Waals surface area contributed by atoms with E-state index in [1.54, 1.807) is 18.2 Å². The van der Waals surface area contributed by atoms with E-state index in [1.165, 1.54) is 16.0 Å². The molecule has 0 aliphatic carbocycles. The van der Waals surface area contributed by atoms with Crippen molar-refractivity contribution in [1.82, 2.24) is 0 Å². The predicted octanol–water partition coefficient (Wildman–Crippen LogP) is 2.37. The van der Waals surface area contributed by atoms with Crippen molar-refractivity contribution in [2.45, 2.75) is 19.1 Å². The first-order valence-electron chi connectivity index (χ1n) is 7.78. The molecule has 1 aliphatic heterocycles. The molecule has 0 amide bonds. The van der Waals surface area contributed by atoms with E-state index in [0.29, 0.717) is 22.3 Å². The van der Waals surface area contributed by atoms with Crippen LogP contribution in [0.3, 0.4) is 0 Å². The maximum Gasteiger partial charge on any atom is 0.138 e. The molecule has 3 nitrogen and oxygen atoms in total. The maximum atomic E-state index is 10.2. The number of hydrogen-bond acceptors (Lipinski definition) is 2. The largest absolute Gasteiger partial charge is 0.489 e. The minimum atomic E-state index is -0.526. The van der Waals surface area contributed by atoms with Gasteiger partial charge in [0, 0.05) is 17.0 Å². The van der Waals surface area contributed by atoms with Gasteiger partial charge in [0.1, 0.15) is 31.5 Å². The molecule has 122 valence electrons. The van der Waals surface area contributed by atoms with Gasteiger partial charge in [-0.1, -0.05) is 47.5 Å². The van der Waals surface area contributed by atoms with Crippen LogP contribution in [0.25, 0.3) is 0 Å². The van der Waals surface area contributed by atoms with Crippen LogP contribution in [0, 0.1) is 0 Å². The second kappa shape index (κ2) is 7.54. The Labute approximate surface area is 146 Å². The third-order valence-electron chi connectivity index (χ3n) is 4.16. The fourth-order valence-corrected chi connectivity index (χ4v) is 3.45. The minimum absolute atomic E-state index is 0.229. The Kier molecular flexibility index (Phi) is 5.44. The first kappa shape index (κ1) is 16.6. The molecule has 5 heteroatoms. The van der Waals surface area contributed by atoms with E-state index in [1.807, 2.05) is 0 Å². The van der Waals surface area contributed by atoms with Gasteiger partial charge in [-0.15, -0.1) is 0 Å². The predicted molar refractivity (Wildman–Crippen MR) is 92.5 cm³/mol. The molecule has 0 saturated heterocycles. The average molecular weight is 353 g/mol. The lowest BCUT2D eigenvalue weighted by Gasteiger charge is -2.27. The van der Waals surface area contributed by atoms with E-state index >= 15 is 0 Å². The zero-order valence-electron chi connectivity index (χ0n) is 12.8. The highest BCUT2D eigenvalue weighted by Crippen LogP contribution is 2.27. The normalized spacial score (nSPS) is 18.3. The molecule has 1 aliphatic rings. The number of rotatable bonds is 5. The fourth-order valence-electron chi connectivity index (χ4n) is 2.99. The molecule has 0 aromatic heterocycles. The number of nitrogens with one attached hydrogen (secondary N) is 1. The van der Waals surface area contributed by atoms with Crippen LogP contribution in [0.1, 0.15) is 11.1 Å². The second-order valence-corrected chi connectivity index (χ2v) is 6.78. The van der Waals surface area contributed by atoms with Crippen molar-refractivity contribution in [3.8, 4) is 5.75 Å². The molecular weight excluding hydrogens is 333 g/mol. The zero-order chi connectivity index (χ0) is 16.2. The minimum Gasteiger partial charge on any atom is -0.489 e. The molecule has 1 heterocycles. The summed E-state index contributed by atoms with van der Waals surface area (Å²) in [5.74, 6) is 0.550. The van der Waals surface area contributed by atoms with E-state index in [4.69, 9.17) is 27.9 Å². The summed E-state index contributed by atoms with van der Waals surface area (Å²) in [4.78, 5) is 1.38. The Morgan fingerprint density at radius 1 is 1.13 bits per heavy atom. The summed E-state index contributed by atoms with van der Waals surface area (Å²) in [6.45, 7) is 2.89. The third kappa shape index (κ3) is 4.39. The Balaban J connectivity index is 1.51. The van der Waals surface area contributed by atoms with Crippen LogP contribution in [-0.4, -0.2) is 30.9 Å². The Hall–Kier alpha value is -1.26. The molecule has 0 radical (unpaired) electrons. The van der Waals surface area contributed by atoms with Gasteiger partial charge < -0.3 is 14.7 Å². The Morgan fingerprint density at radius 2 is 1.91 bits per heavy atom. The third-order valence-corrected chi connectivity index (χ3v) is 4.69. The number of fused-ring (bicyclic) bond motifs is 1. The number of ether oxygens (including phenoxy) is 1. The molecular formula is C18H20Cl2NO2+. The van der Waals surface area contributed by atoms with Gasteiger partial charge in [0.05, 0.1) is 11.6 Å². The summed E-state index contributed by atoms with van der Waals surface area (Å²) >= 11 is 11.9. The summed E-state index contributed by atoms with van der Waals surface area (Å²) in [5, 5.41) is 11.3. The molecule has 0 bridgehead atoms. The van der Waals surface area contributed by atoms with Gasteiger partial charge in [-0.2, -0.15) is 0 Å². The summed E-state index contributed by atoms with van der Waals surface area (Å²) in [7, 11) is 0. The van der Waals surface area contributed by atoms with Crippen LogP contribution in [0.15, 0.2) is 42.5 Å². The Bertz CT molecular complexity index is 678. The summed E-state index contributed by atoms with van der Waals surface area (Å²) < 4.78 is 5.61. The lowest BCUT2D eigenvalue weighted by molar-refractivity contribution is -0.918. The molecule has 3 rings (SSSR count). The van der Waals surface area contributed by atoms with E-state index in [2.05, 4.69) is 24.3 Å². The van der Waals surface area contributed by atoms with Crippen molar-refractivity contribution in [3.63, 3.8) is 0 Å². The first-order chi connectivity index (χ1) is 11.1. The van der Waals surface area contributed by atoms with Crippen molar-refractivity contribution < 1.29 is 14.7 Å². The van der Waals surface area contributed by atoms with Crippen LogP contribution in [0.4, 0.5) is 0 Å². The highest BCUT2D eigenvalue weighted by molar-refractivity contribution is 6.35. The Morgan fingerprint density at radius 3 is 2.70 bits per heavy atom. The monoisotopic (exact) mass is 352 g/mol. The highest BCUT2D eigenvalue weighted by atomic mass is 35.5. The average Bonchev–Trinajstić information content (AvgIpc) is 2.54. The molecule has 2 N–H and O–H groups in total. The van der Waals surface area contributed by atoms with Gasteiger partial charge in [-0.25, -0.2) is 0 Å². The molecule has 0 spiro atoms. The molecule has 1 unspecified atom stereocenters. The van der Waals surface area contributed by atoms with Gasteiger partial charge in [0.15, 0.2) is 0 Å². The van der Waals surface area contributed by atoms with E-state index in [0.717, 1.165) is 19.5 Å². The lowest BCUT2D eigenvalue weighted by Crippen LogP contribution is -3.13. The number of aliphatic hydroxyl groups excluding tert-OH is 1. The van der Waals surface area contributed by atoms with Gasteiger partial charge >= 0.3 is 0 Å². The topological polar surface area (TPSA) is 33.9 Å². The van der Waals surface area contributed by atoms with Crippen LogP contribution in [0.5, 0.6) is 5.75 Å². The van der Waals surface area contributed by atoms with Gasteiger partial charge in [-0.3, -0.25) is 0 Å². The lowest BCUT2D eigenvalue weighted by atomic mass is 10.00. The number of hydrogen-bond donors (Lipinski definition) is 2. The molecule has 23 heavy (non-hydrogen) atoms. The van der Waals surface area contributed by atoms with Crippen LogP contribution in [-0.2, 0) is 13.0 Å². The molecule has 2 aromatic rings. The van der Waals surface area contributed by atoms with Crippen LogP contribution >= 0.6 is 23.2 Å². The summed E-state index contributed by atoms with van der Waals surface area (Å²) in [6, 6.07) is 13.6. The van der Waals surface area contributed by atoms with Gasteiger partial charge in [0.2, 0.25) is 0 Å². The van der Waals surface area contributed by atoms with Gasteiger partial charge in [-0.05, 0) is 23.8 Å². The van der Waals surface area contributed by atoms with Crippen molar-refractivity contribution in [2.24, 2.45) is 0 Å². The fraction of sp³-hybridized carbons (Fsp3) is 0.333. The van der Waals surface area contributed by atoms with Crippen molar-refractivity contribution in [1.29, 1.82) is 0 Å². The van der Waals surface area contributed by atoms with Crippen LogP contribution < -0.4 is 9.64 Å². The number of benzene rings is 2. The standard InChI is InChI=1S/C18H19Cl2NO2/c19-15-5-6-18(17(20)9-15)23-12-16(22)11-21-8-7-13-3-1-2-4-14(13)10-21/h1-6,9,16,22H,7-8,10-12H2/p+1/t16-/m0/s1. The summed E-state index contributed by atoms with van der Waals surface area (Å²) in [6.07, 6.45) is 0.532. The van der Waals surface area contributed by atoms with E-state index in [9.17, 15) is 5.11 Å². The zero-order valence-corrected chi connectivity index (χ0v) is 14.3. The highest BCUT2D eigenvalue weighted by Gasteiger charge is 2.22. The molecule has 0 saturated carbocycles. The molecule has 2 atom stereocenters. The summed E-state index contributed by atoms with van der Waals surface area (Å²) in [5.41, 5.74) is 2.80. The maximum absolute atomic E-state index is 10.2. The smallest absolute Gasteiger partial charge is 0.138 e. The van der Waals surface area contributed by atoms with Crippen molar-refractivity contribution in [2.75, 3.05) is 19.7 Å². The van der Waals surface area contributed by atoms with E-state index < -0.39 is 6.10 Å². The van der Waals surface area contributed by atoms with Crippen LogP contribution in [0.2, 0.25) is 10.0 Å². The molecule has 2 aromatic carbocycles. The van der Waals surface area contributed by atoms with E-state index in [-0.39, 0.29) is 6.61 Å². The van der Waals surface area contributed by atoms with Crippen molar-refractivity contribution in [3.05, 3.63) is 63.6 Å².